The van der Waals surface area contributed by atoms with Crippen LogP contribution in [0.5, 0.6) is 17.2 Å². The first kappa shape index (κ1) is 11.0. The number of benzene rings is 2. The molecule has 0 atom stereocenters. The van der Waals surface area contributed by atoms with Gasteiger partial charge < -0.3 is 14.9 Å². The lowest BCUT2D eigenvalue weighted by molar-refractivity contribution is 0.0729. The Morgan fingerprint density at radius 3 is 2.41 bits per heavy atom. The average Bonchev–Trinajstić information content (AvgIpc) is 2.35. The molecule has 0 heterocycles. The molecule has 0 aliphatic rings. The van der Waals surface area contributed by atoms with Gasteiger partial charge in [-0.2, -0.15) is 0 Å². The van der Waals surface area contributed by atoms with Crippen molar-refractivity contribution in [3.05, 3.63) is 54.1 Å². The van der Waals surface area contributed by atoms with Crippen molar-refractivity contribution in [3.8, 4) is 17.2 Å². The van der Waals surface area contributed by atoms with Gasteiger partial charge in [0.25, 0.3) is 0 Å². The Kier molecular flexibility index (Phi) is 2.96. The number of hydrogen-bond donors (Lipinski definition) is 2. The topological polar surface area (TPSA) is 66.8 Å². The molecule has 17 heavy (non-hydrogen) atoms. The summed E-state index contributed by atoms with van der Waals surface area (Å²) >= 11 is 0. The average molecular weight is 230 g/mol. The lowest BCUT2D eigenvalue weighted by Crippen LogP contribution is -2.08. The van der Waals surface area contributed by atoms with Crippen molar-refractivity contribution >= 4 is 5.97 Å². The molecule has 0 aliphatic heterocycles. The standard InChI is InChI=1S/C13H10O4/c14-10-6-7-11(15)12(8-10)17-13(16)9-4-2-1-3-5-9/h1-8,14-15H. The van der Waals surface area contributed by atoms with E-state index in [0.717, 1.165) is 0 Å². The van der Waals surface area contributed by atoms with Crippen molar-refractivity contribution in [3.63, 3.8) is 0 Å². The van der Waals surface area contributed by atoms with Crippen molar-refractivity contribution in [1.29, 1.82) is 0 Å². The molecule has 2 aromatic carbocycles. The number of esters is 1. The van der Waals surface area contributed by atoms with E-state index in [-0.39, 0.29) is 17.2 Å². The lowest BCUT2D eigenvalue weighted by Gasteiger charge is -2.06. The highest BCUT2D eigenvalue weighted by molar-refractivity contribution is 5.91. The van der Waals surface area contributed by atoms with Crippen LogP contribution in [0.15, 0.2) is 48.5 Å². The molecule has 2 aromatic rings. The van der Waals surface area contributed by atoms with Crippen LogP contribution < -0.4 is 4.74 Å². The van der Waals surface area contributed by atoms with Crippen LogP contribution in [0.4, 0.5) is 0 Å². The zero-order valence-electron chi connectivity index (χ0n) is 8.83. The van der Waals surface area contributed by atoms with Crippen LogP contribution in [-0.4, -0.2) is 16.2 Å². The number of ether oxygens (including phenoxy) is 1. The SMILES string of the molecule is O=C(Oc1cc(O)ccc1O)c1ccccc1. The van der Waals surface area contributed by atoms with Crippen molar-refractivity contribution in [1.82, 2.24) is 0 Å². The zero-order valence-corrected chi connectivity index (χ0v) is 8.83. The van der Waals surface area contributed by atoms with Gasteiger partial charge in [0.05, 0.1) is 5.56 Å². The normalized spacial score (nSPS) is 9.88. The Hall–Kier alpha value is -2.49. The van der Waals surface area contributed by atoms with Crippen molar-refractivity contribution in [2.75, 3.05) is 0 Å². The van der Waals surface area contributed by atoms with E-state index < -0.39 is 5.97 Å². The second-order valence-electron chi connectivity index (χ2n) is 3.41. The molecule has 0 amide bonds. The van der Waals surface area contributed by atoms with E-state index in [1.807, 2.05) is 0 Å². The number of hydrogen-bond acceptors (Lipinski definition) is 4. The summed E-state index contributed by atoms with van der Waals surface area (Å²) in [5.41, 5.74) is 0.371. The molecule has 2 N–H and O–H groups in total. The highest BCUT2D eigenvalue weighted by Gasteiger charge is 2.11. The summed E-state index contributed by atoms with van der Waals surface area (Å²) in [7, 11) is 0. The highest BCUT2D eigenvalue weighted by atomic mass is 16.5. The van der Waals surface area contributed by atoms with E-state index in [0.29, 0.717) is 5.56 Å². The maximum Gasteiger partial charge on any atom is 0.343 e. The predicted octanol–water partition coefficient (Wildman–Crippen LogP) is 2.32. The van der Waals surface area contributed by atoms with Crippen molar-refractivity contribution < 1.29 is 19.7 Å². The number of carbonyl (C=O) groups excluding carboxylic acids is 1. The monoisotopic (exact) mass is 230 g/mol. The molecule has 4 nitrogen and oxygen atoms in total. The summed E-state index contributed by atoms with van der Waals surface area (Å²) in [6.07, 6.45) is 0. The summed E-state index contributed by atoms with van der Waals surface area (Å²) in [6.45, 7) is 0. The van der Waals surface area contributed by atoms with Gasteiger partial charge in [-0.15, -0.1) is 0 Å². The van der Waals surface area contributed by atoms with E-state index in [9.17, 15) is 15.0 Å². The molecule has 0 saturated heterocycles. The molecular weight excluding hydrogens is 220 g/mol. The van der Waals surface area contributed by atoms with Crippen LogP contribution >= 0.6 is 0 Å². The molecule has 0 saturated carbocycles. The van der Waals surface area contributed by atoms with Crippen LogP contribution in [0, 0.1) is 0 Å². The maximum atomic E-state index is 11.7. The highest BCUT2D eigenvalue weighted by Crippen LogP contribution is 2.30. The Morgan fingerprint density at radius 1 is 1.00 bits per heavy atom. The van der Waals surface area contributed by atoms with Crippen LogP contribution in [0.25, 0.3) is 0 Å². The molecule has 0 aliphatic carbocycles. The molecule has 0 unspecified atom stereocenters. The predicted molar refractivity (Wildman–Crippen MR) is 61.2 cm³/mol. The number of phenolic OH excluding ortho intramolecular Hbond substituents is 2. The first-order chi connectivity index (χ1) is 8.16. The summed E-state index contributed by atoms with van der Waals surface area (Å²) < 4.78 is 4.96. The molecule has 86 valence electrons. The first-order valence-electron chi connectivity index (χ1n) is 4.96. The number of phenols is 2. The van der Waals surface area contributed by atoms with Gasteiger partial charge in [0.15, 0.2) is 11.5 Å². The summed E-state index contributed by atoms with van der Waals surface area (Å²) in [5.74, 6) is -0.948. The number of carbonyl (C=O) groups is 1. The van der Waals surface area contributed by atoms with Crippen LogP contribution in [-0.2, 0) is 0 Å². The fourth-order valence-corrected chi connectivity index (χ4v) is 1.32. The molecule has 4 heteroatoms. The van der Waals surface area contributed by atoms with E-state index in [1.165, 1.54) is 18.2 Å². The molecule has 0 fully saturated rings. The molecular formula is C13H10O4. The number of aromatic hydroxyl groups is 2. The van der Waals surface area contributed by atoms with E-state index >= 15 is 0 Å². The van der Waals surface area contributed by atoms with Gasteiger partial charge in [-0.1, -0.05) is 18.2 Å². The van der Waals surface area contributed by atoms with Crippen molar-refractivity contribution in [2.24, 2.45) is 0 Å². The zero-order chi connectivity index (χ0) is 12.3. The van der Waals surface area contributed by atoms with Gasteiger partial charge in [0, 0.05) is 6.07 Å². The largest absolute Gasteiger partial charge is 0.508 e. The van der Waals surface area contributed by atoms with Crippen molar-refractivity contribution in [2.45, 2.75) is 0 Å². The number of rotatable bonds is 2. The minimum Gasteiger partial charge on any atom is -0.508 e. The fraction of sp³-hybridized carbons (Fsp3) is 0. The van der Waals surface area contributed by atoms with E-state index in [4.69, 9.17) is 4.74 Å². The molecule has 0 radical (unpaired) electrons. The maximum absolute atomic E-state index is 11.7. The third-order valence-electron chi connectivity index (χ3n) is 2.16. The van der Waals surface area contributed by atoms with Crippen LogP contribution in [0.2, 0.25) is 0 Å². The summed E-state index contributed by atoms with van der Waals surface area (Å²) in [5, 5.41) is 18.7. The molecule has 2 rings (SSSR count). The molecule has 0 bridgehead atoms. The van der Waals surface area contributed by atoms with Gasteiger partial charge in [0.1, 0.15) is 5.75 Å². The van der Waals surface area contributed by atoms with E-state index in [2.05, 4.69) is 0 Å². The van der Waals surface area contributed by atoms with Crippen LogP contribution in [0.1, 0.15) is 10.4 Å². The van der Waals surface area contributed by atoms with Gasteiger partial charge in [-0.25, -0.2) is 4.79 Å². The van der Waals surface area contributed by atoms with Crippen LogP contribution in [0.3, 0.4) is 0 Å². The van der Waals surface area contributed by atoms with Gasteiger partial charge in [0.2, 0.25) is 0 Å². The third kappa shape index (κ3) is 2.55. The first-order valence-corrected chi connectivity index (χ1v) is 4.96. The fourth-order valence-electron chi connectivity index (χ4n) is 1.32. The smallest absolute Gasteiger partial charge is 0.343 e. The minimum atomic E-state index is -0.591. The summed E-state index contributed by atoms with van der Waals surface area (Å²) in [6, 6.07) is 12.1. The lowest BCUT2D eigenvalue weighted by atomic mass is 10.2. The Labute approximate surface area is 97.7 Å². The van der Waals surface area contributed by atoms with Gasteiger partial charge in [-0.3, -0.25) is 0 Å². The minimum absolute atomic E-state index is 0.0705. The third-order valence-corrected chi connectivity index (χ3v) is 2.16. The molecule has 0 spiro atoms. The second kappa shape index (κ2) is 4.57. The Balaban J connectivity index is 2.22. The Bertz CT molecular complexity index is 534. The van der Waals surface area contributed by atoms with Gasteiger partial charge >= 0.3 is 5.97 Å². The quantitative estimate of drug-likeness (QED) is 0.472. The summed E-state index contributed by atoms with van der Waals surface area (Å²) in [4.78, 5) is 11.7. The van der Waals surface area contributed by atoms with Gasteiger partial charge in [-0.05, 0) is 24.3 Å². The van der Waals surface area contributed by atoms with E-state index in [1.54, 1.807) is 30.3 Å². The Morgan fingerprint density at radius 2 is 1.71 bits per heavy atom. The molecule has 0 aromatic heterocycles. The second-order valence-corrected chi connectivity index (χ2v) is 3.41.